The molecule has 21 heavy (non-hydrogen) atoms. The number of carbonyl (C=O) groups is 2. The maximum atomic E-state index is 12.2. The number of rotatable bonds is 6. The minimum atomic E-state index is -0.477. The highest BCUT2D eigenvalue weighted by molar-refractivity contribution is 5.88. The van der Waals surface area contributed by atoms with E-state index in [0.29, 0.717) is 6.42 Å². The summed E-state index contributed by atoms with van der Waals surface area (Å²) in [6.45, 7) is 0.858. The zero-order chi connectivity index (χ0) is 15.2. The number of carbonyl (C=O) groups excluding carboxylic acids is 2. The average Bonchev–Trinajstić information content (AvgIpc) is 3.02. The minimum absolute atomic E-state index is 0.0710. The first-order valence-electron chi connectivity index (χ1n) is 7.22. The molecule has 0 aliphatic carbocycles. The molecule has 0 aromatic heterocycles. The van der Waals surface area contributed by atoms with Gasteiger partial charge in [-0.3, -0.25) is 9.59 Å². The lowest BCUT2D eigenvalue weighted by Crippen LogP contribution is -2.34. The minimum Gasteiger partial charge on any atom is -0.508 e. The molecule has 5 nitrogen and oxygen atoms in total. The number of aromatic hydroxyl groups is 1. The third-order valence-electron chi connectivity index (χ3n) is 3.85. The molecule has 0 spiro atoms. The Morgan fingerprint density at radius 2 is 2.10 bits per heavy atom. The van der Waals surface area contributed by atoms with Gasteiger partial charge in [0, 0.05) is 6.42 Å². The van der Waals surface area contributed by atoms with Crippen LogP contribution in [-0.4, -0.2) is 36.6 Å². The molecule has 114 valence electrons. The van der Waals surface area contributed by atoms with E-state index >= 15 is 0 Å². The van der Waals surface area contributed by atoms with E-state index in [1.807, 2.05) is 0 Å². The van der Waals surface area contributed by atoms with Crippen molar-refractivity contribution in [3.05, 3.63) is 29.8 Å². The number of phenolic OH excluding ortho intramolecular Hbond substituents is 1. The van der Waals surface area contributed by atoms with E-state index in [1.165, 1.54) is 7.11 Å². The molecule has 1 heterocycles. The van der Waals surface area contributed by atoms with Gasteiger partial charge in [-0.25, -0.2) is 0 Å². The first kappa shape index (κ1) is 15.5. The Morgan fingerprint density at radius 1 is 1.38 bits per heavy atom. The van der Waals surface area contributed by atoms with Crippen LogP contribution in [0.4, 0.5) is 0 Å². The van der Waals surface area contributed by atoms with Crippen LogP contribution in [-0.2, 0) is 20.7 Å². The molecule has 0 unspecified atom stereocenters. The van der Waals surface area contributed by atoms with Crippen LogP contribution in [0, 0.1) is 5.92 Å². The lowest BCUT2D eigenvalue weighted by molar-refractivity contribution is -0.147. The van der Waals surface area contributed by atoms with E-state index in [9.17, 15) is 14.7 Å². The number of hydrogen-bond acceptors (Lipinski definition) is 5. The van der Waals surface area contributed by atoms with Crippen LogP contribution in [0.15, 0.2) is 24.3 Å². The number of ketones is 1. The van der Waals surface area contributed by atoms with Gasteiger partial charge in [-0.2, -0.15) is 0 Å². The molecular weight excluding hydrogens is 270 g/mol. The number of methoxy groups -OCH3 is 1. The zero-order valence-corrected chi connectivity index (χ0v) is 12.2. The average molecular weight is 291 g/mol. The maximum absolute atomic E-state index is 12.2. The third kappa shape index (κ3) is 4.29. The third-order valence-corrected chi connectivity index (χ3v) is 3.85. The van der Waals surface area contributed by atoms with Crippen LogP contribution in [0.2, 0.25) is 0 Å². The summed E-state index contributed by atoms with van der Waals surface area (Å²) in [5.41, 5.74) is 0.899. The van der Waals surface area contributed by atoms with Gasteiger partial charge >= 0.3 is 5.97 Å². The normalized spacial score (nSPS) is 19.2. The van der Waals surface area contributed by atoms with Crippen molar-refractivity contribution in [3.8, 4) is 5.75 Å². The fourth-order valence-electron chi connectivity index (χ4n) is 2.67. The Hall–Kier alpha value is -1.88. The summed E-state index contributed by atoms with van der Waals surface area (Å²) < 4.78 is 4.81. The van der Waals surface area contributed by atoms with E-state index in [4.69, 9.17) is 4.74 Å². The summed E-state index contributed by atoms with van der Waals surface area (Å²) >= 11 is 0. The molecule has 0 bridgehead atoms. The zero-order valence-electron chi connectivity index (χ0n) is 12.2. The molecule has 0 amide bonds. The summed E-state index contributed by atoms with van der Waals surface area (Å²) in [7, 11) is 1.34. The van der Waals surface area contributed by atoms with Crippen LogP contribution >= 0.6 is 0 Å². The molecule has 1 aromatic rings. The Labute approximate surface area is 124 Å². The van der Waals surface area contributed by atoms with E-state index in [2.05, 4.69) is 5.32 Å². The molecule has 1 aliphatic rings. The van der Waals surface area contributed by atoms with Gasteiger partial charge in [0.25, 0.3) is 0 Å². The number of nitrogens with one attached hydrogen (secondary N) is 1. The number of esters is 1. The summed E-state index contributed by atoms with van der Waals surface area (Å²) in [6, 6.07) is 6.53. The van der Waals surface area contributed by atoms with E-state index < -0.39 is 5.92 Å². The summed E-state index contributed by atoms with van der Waals surface area (Å²) in [5, 5.41) is 12.4. The highest BCUT2D eigenvalue weighted by Gasteiger charge is 2.28. The first-order valence-corrected chi connectivity index (χ1v) is 7.22. The lowest BCUT2D eigenvalue weighted by Gasteiger charge is -2.16. The quantitative estimate of drug-likeness (QED) is 0.776. The second-order valence-electron chi connectivity index (χ2n) is 5.41. The van der Waals surface area contributed by atoms with Crippen molar-refractivity contribution in [2.75, 3.05) is 13.7 Å². The van der Waals surface area contributed by atoms with Gasteiger partial charge in [0.15, 0.2) is 5.78 Å². The molecule has 1 fully saturated rings. The number of benzene rings is 1. The van der Waals surface area contributed by atoms with Crippen molar-refractivity contribution in [1.82, 2.24) is 5.32 Å². The van der Waals surface area contributed by atoms with Crippen LogP contribution in [0.5, 0.6) is 5.75 Å². The molecule has 5 heteroatoms. The predicted molar refractivity (Wildman–Crippen MR) is 78.0 cm³/mol. The summed E-state index contributed by atoms with van der Waals surface area (Å²) in [4.78, 5) is 24.1. The van der Waals surface area contributed by atoms with Crippen molar-refractivity contribution in [2.24, 2.45) is 5.92 Å². The van der Waals surface area contributed by atoms with Crippen LogP contribution < -0.4 is 5.32 Å². The summed E-state index contributed by atoms with van der Waals surface area (Å²) in [5.74, 6) is -0.592. The van der Waals surface area contributed by atoms with Crippen molar-refractivity contribution in [3.63, 3.8) is 0 Å². The van der Waals surface area contributed by atoms with Crippen molar-refractivity contribution in [2.45, 2.75) is 31.7 Å². The van der Waals surface area contributed by atoms with Gasteiger partial charge in [-0.05, 0) is 43.5 Å². The predicted octanol–water partition coefficient (Wildman–Crippen LogP) is 1.44. The van der Waals surface area contributed by atoms with Gasteiger partial charge in [-0.1, -0.05) is 12.1 Å². The van der Waals surface area contributed by atoms with Crippen molar-refractivity contribution >= 4 is 11.8 Å². The Kier molecular flexibility index (Phi) is 5.33. The Balaban J connectivity index is 2.01. The number of hydrogen-bond donors (Lipinski definition) is 2. The SMILES string of the molecule is COC(=O)[C@@H](CC(=O)[C@@H]1CCCN1)Cc1ccc(O)cc1. The van der Waals surface area contributed by atoms with Gasteiger partial charge in [0.2, 0.25) is 0 Å². The van der Waals surface area contributed by atoms with Crippen molar-refractivity contribution < 1.29 is 19.4 Å². The van der Waals surface area contributed by atoms with E-state index in [-0.39, 0.29) is 30.0 Å². The molecule has 1 aliphatic heterocycles. The van der Waals surface area contributed by atoms with E-state index in [0.717, 1.165) is 24.9 Å². The molecule has 1 saturated heterocycles. The molecule has 0 saturated carbocycles. The Morgan fingerprint density at radius 3 is 2.67 bits per heavy atom. The highest BCUT2D eigenvalue weighted by atomic mass is 16.5. The topological polar surface area (TPSA) is 75.6 Å². The monoisotopic (exact) mass is 291 g/mol. The van der Waals surface area contributed by atoms with Gasteiger partial charge in [0.1, 0.15) is 5.75 Å². The van der Waals surface area contributed by atoms with Crippen LogP contribution in [0.1, 0.15) is 24.8 Å². The summed E-state index contributed by atoms with van der Waals surface area (Å²) in [6.07, 6.45) is 2.46. The maximum Gasteiger partial charge on any atom is 0.309 e. The smallest absolute Gasteiger partial charge is 0.309 e. The van der Waals surface area contributed by atoms with E-state index in [1.54, 1.807) is 24.3 Å². The Bertz CT molecular complexity index is 492. The van der Waals surface area contributed by atoms with Crippen LogP contribution in [0.25, 0.3) is 0 Å². The molecule has 1 aromatic carbocycles. The second-order valence-corrected chi connectivity index (χ2v) is 5.41. The first-order chi connectivity index (χ1) is 10.1. The number of phenols is 1. The standard InChI is InChI=1S/C16H21NO4/c1-21-16(20)12(9-11-4-6-13(18)7-5-11)10-15(19)14-3-2-8-17-14/h4-7,12,14,17-18H,2-3,8-10H2,1H3/t12-,14+/m1/s1. The second kappa shape index (κ2) is 7.22. The van der Waals surface area contributed by atoms with Crippen LogP contribution in [0.3, 0.4) is 0 Å². The van der Waals surface area contributed by atoms with Gasteiger partial charge in [-0.15, -0.1) is 0 Å². The lowest BCUT2D eigenvalue weighted by atomic mass is 9.92. The van der Waals surface area contributed by atoms with Gasteiger partial charge in [0.05, 0.1) is 19.1 Å². The fraction of sp³-hybridized carbons (Fsp3) is 0.500. The molecule has 0 radical (unpaired) electrons. The van der Waals surface area contributed by atoms with Crippen molar-refractivity contribution in [1.29, 1.82) is 0 Å². The molecular formula is C16H21NO4. The molecule has 2 N–H and O–H groups in total. The number of Topliss-reactive ketones (excluding diaryl/α,β-unsaturated/α-hetero) is 1. The largest absolute Gasteiger partial charge is 0.508 e. The van der Waals surface area contributed by atoms with Gasteiger partial charge < -0.3 is 15.2 Å². The molecule has 2 atom stereocenters. The fourth-order valence-corrected chi connectivity index (χ4v) is 2.67. The highest BCUT2D eigenvalue weighted by Crippen LogP contribution is 2.19. The number of ether oxygens (including phenoxy) is 1. The molecule has 2 rings (SSSR count).